The van der Waals surface area contributed by atoms with E-state index in [9.17, 15) is 14.9 Å². The van der Waals surface area contributed by atoms with Gasteiger partial charge in [-0.05, 0) is 17.0 Å². The predicted octanol–water partition coefficient (Wildman–Crippen LogP) is 2.54. The number of ether oxygens (including phenoxy) is 1. The monoisotopic (exact) mass is 280 g/mol. The quantitative estimate of drug-likeness (QED) is 0.678. The van der Waals surface area contributed by atoms with Crippen LogP contribution in [0.5, 0.6) is 5.75 Å². The van der Waals surface area contributed by atoms with Crippen molar-refractivity contribution in [2.75, 3.05) is 7.11 Å². The molecule has 1 aromatic rings. The lowest BCUT2D eigenvalue weighted by Crippen LogP contribution is -2.20. The summed E-state index contributed by atoms with van der Waals surface area (Å²) in [7, 11) is 1.39. The van der Waals surface area contributed by atoms with Crippen molar-refractivity contribution in [1.29, 1.82) is 0 Å². The third-order valence-electron chi connectivity index (χ3n) is 2.94. The molecule has 6 heteroatoms. The molecule has 20 heavy (non-hydrogen) atoms. The number of nitrogens with one attached hydrogen (secondary N) is 1. The Balaban J connectivity index is 3.41. The van der Waals surface area contributed by atoms with E-state index in [1.165, 1.54) is 20.1 Å². The second kappa shape index (κ2) is 5.90. The molecule has 0 saturated carbocycles. The summed E-state index contributed by atoms with van der Waals surface area (Å²) in [6.45, 7) is 7.51. The summed E-state index contributed by atoms with van der Waals surface area (Å²) in [5, 5.41) is 13.8. The van der Waals surface area contributed by atoms with Gasteiger partial charge in [0.2, 0.25) is 11.7 Å². The molecular formula is C14H20N2O4. The van der Waals surface area contributed by atoms with Crippen LogP contribution in [0, 0.1) is 10.1 Å². The number of carbonyl (C=O) groups is 1. The van der Waals surface area contributed by atoms with Crippen LogP contribution in [0.4, 0.5) is 5.69 Å². The van der Waals surface area contributed by atoms with E-state index in [-0.39, 0.29) is 29.3 Å². The zero-order chi connectivity index (χ0) is 15.5. The first kappa shape index (κ1) is 15.9. The van der Waals surface area contributed by atoms with Crippen LogP contribution in [0.25, 0.3) is 0 Å². The molecule has 1 aromatic carbocycles. The fourth-order valence-corrected chi connectivity index (χ4v) is 1.83. The molecule has 0 saturated heterocycles. The zero-order valence-electron chi connectivity index (χ0n) is 12.4. The van der Waals surface area contributed by atoms with Crippen molar-refractivity contribution in [2.24, 2.45) is 0 Å². The van der Waals surface area contributed by atoms with Crippen LogP contribution in [0.2, 0.25) is 0 Å². The largest absolute Gasteiger partial charge is 0.490 e. The summed E-state index contributed by atoms with van der Waals surface area (Å²) in [6.07, 6.45) is 0. The van der Waals surface area contributed by atoms with Gasteiger partial charge in [-0.2, -0.15) is 0 Å². The first-order chi connectivity index (χ1) is 9.16. The van der Waals surface area contributed by atoms with E-state index in [0.29, 0.717) is 5.56 Å². The molecule has 0 bridgehead atoms. The predicted molar refractivity (Wildman–Crippen MR) is 75.9 cm³/mol. The highest BCUT2D eigenvalue weighted by Crippen LogP contribution is 2.36. The van der Waals surface area contributed by atoms with Gasteiger partial charge in [-0.3, -0.25) is 14.9 Å². The molecule has 6 nitrogen and oxygen atoms in total. The summed E-state index contributed by atoms with van der Waals surface area (Å²) < 4.78 is 5.14. The SMILES string of the molecule is COc1c(CNC(C)=O)cc(C(C)(C)C)cc1[N+](=O)[O-]. The summed E-state index contributed by atoms with van der Waals surface area (Å²) in [5.74, 6) is -0.00684. The van der Waals surface area contributed by atoms with Gasteiger partial charge in [-0.25, -0.2) is 0 Å². The van der Waals surface area contributed by atoms with Gasteiger partial charge in [0.1, 0.15) is 0 Å². The smallest absolute Gasteiger partial charge is 0.311 e. The topological polar surface area (TPSA) is 81.5 Å². The molecule has 1 rings (SSSR count). The van der Waals surface area contributed by atoms with E-state index in [0.717, 1.165) is 5.56 Å². The average molecular weight is 280 g/mol. The van der Waals surface area contributed by atoms with Gasteiger partial charge in [0, 0.05) is 25.1 Å². The Morgan fingerprint density at radius 3 is 2.40 bits per heavy atom. The van der Waals surface area contributed by atoms with Gasteiger partial charge in [-0.1, -0.05) is 20.8 Å². The first-order valence-electron chi connectivity index (χ1n) is 6.27. The molecule has 0 unspecified atom stereocenters. The molecular weight excluding hydrogens is 260 g/mol. The fourth-order valence-electron chi connectivity index (χ4n) is 1.83. The number of nitro benzene ring substituents is 1. The Kier molecular flexibility index (Phi) is 4.70. The van der Waals surface area contributed by atoms with E-state index < -0.39 is 4.92 Å². The fraction of sp³-hybridized carbons (Fsp3) is 0.500. The molecule has 0 fully saturated rings. The molecule has 0 radical (unpaired) electrons. The van der Waals surface area contributed by atoms with Gasteiger partial charge >= 0.3 is 5.69 Å². The zero-order valence-corrected chi connectivity index (χ0v) is 12.4. The van der Waals surface area contributed by atoms with Crippen LogP contribution >= 0.6 is 0 Å². The highest BCUT2D eigenvalue weighted by molar-refractivity contribution is 5.73. The maximum absolute atomic E-state index is 11.2. The van der Waals surface area contributed by atoms with Crippen molar-refractivity contribution in [2.45, 2.75) is 39.7 Å². The molecule has 1 N–H and O–H groups in total. The molecule has 0 aromatic heterocycles. The van der Waals surface area contributed by atoms with E-state index in [1.54, 1.807) is 0 Å². The number of carbonyl (C=O) groups excluding carboxylic acids is 1. The molecule has 110 valence electrons. The third kappa shape index (κ3) is 3.69. The summed E-state index contributed by atoms with van der Waals surface area (Å²) >= 11 is 0. The molecule has 0 aliphatic carbocycles. The van der Waals surface area contributed by atoms with Gasteiger partial charge < -0.3 is 10.1 Å². The van der Waals surface area contributed by atoms with Crippen LogP contribution in [-0.4, -0.2) is 17.9 Å². The van der Waals surface area contributed by atoms with Crippen LogP contribution in [-0.2, 0) is 16.8 Å². The Hall–Kier alpha value is -2.11. The van der Waals surface area contributed by atoms with Crippen molar-refractivity contribution < 1.29 is 14.5 Å². The summed E-state index contributed by atoms with van der Waals surface area (Å²) in [4.78, 5) is 21.8. The maximum Gasteiger partial charge on any atom is 0.311 e. The second-order valence-electron chi connectivity index (χ2n) is 5.60. The lowest BCUT2D eigenvalue weighted by molar-refractivity contribution is -0.385. The Bertz CT molecular complexity index is 533. The van der Waals surface area contributed by atoms with Crippen molar-refractivity contribution >= 4 is 11.6 Å². The number of rotatable bonds is 4. The van der Waals surface area contributed by atoms with Crippen molar-refractivity contribution in [3.63, 3.8) is 0 Å². The second-order valence-corrected chi connectivity index (χ2v) is 5.60. The van der Waals surface area contributed by atoms with Gasteiger partial charge in [0.25, 0.3) is 0 Å². The van der Waals surface area contributed by atoms with Crippen LogP contribution in [0.1, 0.15) is 38.8 Å². The number of benzene rings is 1. The van der Waals surface area contributed by atoms with Crippen LogP contribution in [0.15, 0.2) is 12.1 Å². The van der Waals surface area contributed by atoms with Crippen molar-refractivity contribution in [3.05, 3.63) is 33.4 Å². The standard InChI is InChI=1S/C14H20N2O4/c1-9(17)15-8-10-6-11(14(2,3)4)7-12(16(18)19)13(10)20-5/h6-7H,8H2,1-5H3,(H,15,17). The minimum absolute atomic E-state index is 0.0831. The normalized spacial score (nSPS) is 11.1. The lowest BCUT2D eigenvalue weighted by atomic mass is 9.85. The molecule has 0 spiro atoms. The Morgan fingerprint density at radius 1 is 1.40 bits per heavy atom. The highest BCUT2D eigenvalue weighted by Gasteiger charge is 2.25. The van der Waals surface area contributed by atoms with E-state index >= 15 is 0 Å². The molecule has 0 atom stereocenters. The first-order valence-corrected chi connectivity index (χ1v) is 6.27. The Morgan fingerprint density at radius 2 is 2.00 bits per heavy atom. The third-order valence-corrected chi connectivity index (χ3v) is 2.94. The van der Waals surface area contributed by atoms with E-state index in [2.05, 4.69) is 5.32 Å². The van der Waals surface area contributed by atoms with Gasteiger partial charge in [0.15, 0.2) is 0 Å². The molecule has 1 amide bonds. The minimum atomic E-state index is -0.467. The molecule has 0 aliphatic rings. The number of hydrogen-bond donors (Lipinski definition) is 1. The number of methoxy groups -OCH3 is 1. The van der Waals surface area contributed by atoms with E-state index in [4.69, 9.17) is 4.74 Å². The van der Waals surface area contributed by atoms with Crippen LogP contribution in [0.3, 0.4) is 0 Å². The van der Waals surface area contributed by atoms with Crippen molar-refractivity contribution in [3.8, 4) is 5.75 Å². The van der Waals surface area contributed by atoms with E-state index in [1.807, 2.05) is 26.8 Å². The number of hydrogen-bond acceptors (Lipinski definition) is 4. The maximum atomic E-state index is 11.2. The van der Waals surface area contributed by atoms with Crippen molar-refractivity contribution in [1.82, 2.24) is 5.32 Å². The van der Waals surface area contributed by atoms with Crippen LogP contribution < -0.4 is 10.1 Å². The minimum Gasteiger partial charge on any atom is -0.490 e. The van der Waals surface area contributed by atoms with Gasteiger partial charge in [-0.15, -0.1) is 0 Å². The molecule has 0 heterocycles. The lowest BCUT2D eigenvalue weighted by Gasteiger charge is -2.21. The number of amides is 1. The summed E-state index contributed by atoms with van der Waals surface area (Å²) in [6, 6.07) is 3.36. The van der Waals surface area contributed by atoms with Gasteiger partial charge in [0.05, 0.1) is 12.0 Å². The number of nitro groups is 1. The summed E-state index contributed by atoms with van der Waals surface area (Å²) in [5.41, 5.74) is 1.11. The number of nitrogens with zero attached hydrogens (tertiary/aromatic N) is 1. The highest BCUT2D eigenvalue weighted by atomic mass is 16.6. The average Bonchev–Trinajstić information content (AvgIpc) is 2.33. The Labute approximate surface area is 118 Å². The molecule has 0 aliphatic heterocycles.